The van der Waals surface area contributed by atoms with Crippen molar-refractivity contribution in [3.63, 3.8) is 0 Å². The number of hydrogen-bond donors (Lipinski definition) is 0. The normalized spacial score (nSPS) is 14.8. The molecule has 1 aliphatic heterocycles. The summed E-state index contributed by atoms with van der Waals surface area (Å²) < 4.78 is 9.24. The second-order valence-electron chi connectivity index (χ2n) is 8.21. The van der Waals surface area contributed by atoms with Gasteiger partial charge in [0, 0.05) is 37.5 Å². The number of esters is 1. The number of rotatable bonds is 5. The fourth-order valence-corrected chi connectivity index (χ4v) is 4.48. The van der Waals surface area contributed by atoms with E-state index in [1.165, 1.54) is 0 Å². The van der Waals surface area contributed by atoms with Crippen molar-refractivity contribution in [3.05, 3.63) is 61.1 Å². The fraction of sp³-hybridized carbons (Fsp3) is 0.320. The van der Waals surface area contributed by atoms with Crippen LogP contribution in [0, 0.1) is 5.92 Å². The quantitative estimate of drug-likeness (QED) is 0.445. The average molecular weight is 430 g/mol. The maximum absolute atomic E-state index is 12.1. The van der Waals surface area contributed by atoms with Gasteiger partial charge in [-0.15, -0.1) is 0 Å². The van der Waals surface area contributed by atoms with E-state index < -0.39 is 0 Å². The number of benzene rings is 1. The molecule has 5 rings (SSSR count). The first-order valence-corrected chi connectivity index (χ1v) is 11.1. The summed E-state index contributed by atoms with van der Waals surface area (Å²) in [5.41, 5.74) is 5.32. The molecule has 0 aliphatic carbocycles. The first-order chi connectivity index (χ1) is 15.6. The van der Waals surface area contributed by atoms with E-state index in [-0.39, 0.29) is 11.9 Å². The van der Waals surface area contributed by atoms with Gasteiger partial charge < -0.3 is 9.64 Å². The Morgan fingerprint density at radius 1 is 1.03 bits per heavy atom. The van der Waals surface area contributed by atoms with Crippen molar-refractivity contribution in [3.8, 4) is 22.4 Å². The predicted octanol–water partition coefficient (Wildman–Crippen LogP) is 4.18. The highest BCUT2D eigenvalue weighted by atomic mass is 16.5. The molecule has 1 fully saturated rings. The van der Waals surface area contributed by atoms with Gasteiger partial charge in [0.15, 0.2) is 0 Å². The molecule has 7 nitrogen and oxygen atoms in total. The van der Waals surface area contributed by atoms with Gasteiger partial charge in [0.1, 0.15) is 11.5 Å². The lowest BCUT2D eigenvalue weighted by Gasteiger charge is -2.33. The van der Waals surface area contributed by atoms with Crippen LogP contribution in [0.5, 0.6) is 0 Å². The van der Waals surface area contributed by atoms with Gasteiger partial charge in [0.25, 0.3) is 0 Å². The minimum atomic E-state index is -0.0672. The van der Waals surface area contributed by atoms with Crippen molar-refractivity contribution in [2.75, 3.05) is 24.6 Å². The van der Waals surface area contributed by atoms with Crippen LogP contribution in [-0.4, -0.2) is 44.8 Å². The Balaban J connectivity index is 1.43. The molecule has 0 unspecified atom stereocenters. The van der Waals surface area contributed by atoms with Crippen LogP contribution in [0.3, 0.4) is 0 Å². The van der Waals surface area contributed by atoms with Crippen LogP contribution in [-0.2, 0) is 16.6 Å². The first kappa shape index (κ1) is 20.3. The lowest BCUT2D eigenvalue weighted by Crippen LogP contribution is -2.37. The van der Waals surface area contributed by atoms with E-state index in [0.29, 0.717) is 6.61 Å². The van der Waals surface area contributed by atoms with E-state index in [9.17, 15) is 4.79 Å². The molecule has 1 aliphatic rings. The molecule has 0 bridgehead atoms. The molecule has 0 N–H and O–H groups in total. The summed E-state index contributed by atoms with van der Waals surface area (Å²) in [5.74, 6) is 1.03. The number of hydrogen-bond acceptors (Lipinski definition) is 5. The van der Waals surface area contributed by atoms with E-state index in [2.05, 4.69) is 49.7 Å². The molecule has 4 heterocycles. The van der Waals surface area contributed by atoms with Crippen molar-refractivity contribution in [2.24, 2.45) is 13.0 Å². The van der Waals surface area contributed by atoms with Gasteiger partial charge in [-0.2, -0.15) is 5.10 Å². The van der Waals surface area contributed by atoms with Crippen LogP contribution in [0.4, 0.5) is 5.82 Å². The molecule has 32 heavy (non-hydrogen) atoms. The van der Waals surface area contributed by atoms with Crippen LogP contribution in [0.15, 0.2) is 61.1 Å². The van der Waals surface area contributed by atoms with Crippen LogP contribution in [0.2, 0.25) is 0 Å². The summed E-state index contributed by atoms with van der Waals surface area (Å²) in [7, 11) is 1.92. The number of aryl methyl sites for hydroxylation is 1. The molecule has 4 aromatic rings. The van der Waals surface area contributed by atoms with E-state index >= 15 is 0 Å². The Morgan fingerprint density at radius 3 is 2.47 bits per heavy atom. The fourth-order valence-electron chi connectivity index (χ4n) is 4.48. The number of ether oxygens (including phenoxy) is 1. The monoisotopic (exact) mass is 429 g/mol. The molecule has 3 aromatic heterocycles. The second kappa shape index (κ2) is 8.49. The highest BCUT2D eigenvalue weighted by molar-refractivity contribution is 5.74. The largest absolute Gasteiger partial charge is 0.466 e. The molecule has 0 saturated carbocycles. The molecular weight excluding hydrogens is 402 g/mol. The zero-order valence-corrected chi connectivity index (χ0v) is 18.4. The number of aromatic nitrogens is 4. The Labute approximate surface area is 187 Å². The summed E-state index contributed by atoms with van der Waals surface area (Å²) in [6.45, 7) is 3.94. The standard InChI is InChI=1S/C25H27N5O2/c1-3-32-25(31)20-11-13-29(14-12-20)24-6-4-5-23-26-16-22(30(23)24)19-9-7-18(8-10-19)21-15-27-28(2)17-21/h4-10,15-17,20H,3,11-14H2,1-2H3. The van der Waals surface area contributed by atoms with E-state index in [0.717, 1.165) is 59.8 Å². The highest BCUT2D eigenvalue weighted by Gasteiger charge is 2.27. The topological polar surface area (TPSA) is 64.7 Å². The lowest BCUT2D eigenvalue weighted by atomic mass is 9.97. The number of piperidine rings is 1. The van der Waals surface area contributed by atoms with Gasteiger partial charge in [-0.1, -0.05) is 30.3 Å². The first-order valence-electron chi connectivity index (χ1n) is 11.1. The maximum Gasteiger partial charge on any atom is 0.309 e. The SMILES string of the molecule is CCOC(=O)C1CCN(c2cccc3ncc(-c4ccc(-c5cnn(C)c5)cc4)n23)CC1. The molecule has 1 saturated heterocycles. The number of carbonyl (C=O) groups excluding carboxylic acids is 1. The van der Waals surface area contributed by atoms with Gasteiger partial charge in [0.2, 0.25) is 0 Å². The third-order valence-electron chi connectivity index (χ3n) is 6.17. The second-order valence-corrected chi connectivity index (χ2v) is 8.21. The van der Waals surface area contributed by atoms with Crippen molar-refractivity contribution >= 4 is 17.4 Å². The van der Waals surface area contributed by atoms with Crippen molar-refractivity contribution in [1.82, 2.24) is 19.2 Å². The van der Waals surface area contributed by atoms with Gasteiger partial charge in [0.05, 0.1) is 30.6 Å². The van der Waals surface area contributed by atoms with E-state index in [1.54, 1.807) is 0 Å². The van der Waals surface area contributed by atoms with Crippen LogP contribution in [0.25, 0.3) is 28.0 Å². The third-order valence-corrected chi connectivity index (χ3v) is 6.17. The maximum atomic E-state index is 12.1. The Hall–Kier alpha value is -3.61. The molecule has 0 amide bonds. The summed E-state index contributed by atoms with van der Waals surface area (Å²) >= 11 is 0. The smallest absolute Gasteiger partial charge is 0.309 e. The Kier molecular flexibility index (Phi) is 5.39. The average Bonchev–Trinajstić information content (AvgIpc) is 3.46. The lowest BCUT2D eigenvalue weighted by molar-refractivity contribution is -0.148. The minimum absolute atomic E-state index is 0.00678. The van der Waals surface area contributed by atoms with Gasteiger partial charge in [-0.3, -0.25) is 13.9 Å². The number of pyridine rings is 1. The summed E-state index contributed by atoms with van der Waals surface area (Å²) in [6, 6.07) is 14.7. The third kappa shape index (κ3) is 3.75. The minimum Gasteiger partial charge on any atom is -0.466 e. The zero-order valence-electron chi connectivity index (χ0n) is 18.4. The van der Waals surface area contributed by atoms with Crippen molar-refractivity contribution in [2.45, 2.75) is 19.8 Å². The van der Waals surface area contributed by atoms with Crippen LogP contribution in [0.1, 0.15) is 19.8 Å². The summed E-state index contributed by atoms with van der Waals surface area (Å²) in [4.78, 5) is 19.1. The molecule has 0 radical (unpaired) electrons. The van der Waals surface area contributed by atoms with Crippen LogP contribution < -0.4 is 4.90 Å². The van der Waals surface area contributed by atoms with Crippen molar-refractivity contribution in [1.29, 1.82) is 0 Å². The molecular formula is C25H27N5O2. The Morgan fingerprint density at radius 2 is 1.78 bits per heavy atom. The number of fused-ring (bicyclic) bond motifs is 1. The van der Waals surface area contributed by atoms with E-state index in [4.69, 9.17) is 4.74 Å². The molecule has 7 heteroatoms. The molecule has 0 atom stereocenters. The zero-order chi connectivity index (χ0) is 22.1. The number of nitrogens with zero attached hydrogens (tertiary/aromatic N) is 5. The van der Waals surface area contributed by atoms with Crippen LogP contribution >= 0.6 is 0 Å². The number of carbonyl (C=O) groups is 1. The summed E-state index contributed by atoms with van der Waals surface area (Å²) in [5, 5.41) is 4.26. The number of anilines is 1. The van der Waals surface area contributed by atoms with Crippen molar-refractivity contribution < 1.29 is 9.53 Å². The van der Waals surface area contributed by atoms with E-state index in [1.807, 2.05) is 49.4 Å². The highest BCUT2D eigenvalue weighted by Crippen LogP contribution is 2.30. The predicted molar refractivity (Wildman–Crippen MR) is 124 cm³/mol. The molecule has 1 aromatic carbocycles. The number of imidazole rings is 1. The summed E-state index contributed by atoms with van der Waals surface area (Å²) in [6.07, 6.45) is 7.43. The van der Waals surface area contributed by atoms with Gasteiger partial charge in [-0.25, -0.2) is 4.98 Å². The van der Waals surface area contributed by atoms with Gasteiger partial charge >= 0.3 is 5.97 Å². The van der Waals surface area contributed by atoms with Gasteiger partial charge in [-0.05, 0) is 37.5 Å². The Bertz CT molecular complexity index is 1230. The molecule has 164 valence electrons. The molecule has 0 spiro atoms.